The normalized spacial score (nSPS) is 12.5. The Kier molecular flexibility index (Phi) is 3.60. The molecule has 0 radical (unpaired) electrons. The molecule has 0 amide bonds. The first-order chi connectivity index (χ1) is 8.09. The number of benzene rings is 1. The van der Waals surface area contributed by atoms with Gasteiger partial charge >= 0.3 is 0 Å². The lowest BCUT2D eigenvalue weighted by Gasteiger charge is -2.15. The van der Waals surface area contributed by atoms with Gasteiger partial charge in [-0.2, -0.15) is 0 Å². The molecule has 0 spiro atoms. The van der Waals surface area contributed by atoms with E-state index in [2.05, 4.69) is 46.9 Å². The van der Waals surface area contributed by atoms with Crippen molar-refractivity contribution < 1.29 is 0 Å². The summed E-state index contributed by atoms with van der Waals surface area (Å²) >= 11 is 3.37. The van der Waals surface area contributed by atoms with Crippen LogP contribution in [0, 0.1) is 13.8 Å². The van der Waals surface area contributed by atoms with Crippen LogP contribution in [0.1, 0.15) is 28.4 Å². The first kappa shape index (κ1) is 12.3. The predicted molar refractivity (Wildman–Crippen MR) is 73.9 cm³/mol. The van der Waals surface area contributed by atoms with E-state index >= 15 is 0 Å². The fourth-order valence-electron chi connectivity index (χ4n) is 1.84. The lowest BCUT2D eigenvalue weighted by Crippen LogP contribution is -2.15. The third-order valence-corrected chi connectivity index (χ3v) is 3.52. The summed E-state index contributed by atoms with van der Waals surface area (Å²) < 4.78 is 0.967. The SMILES string of the molecule is Cc1cccc(C(N)c2ccc(Br)cn2)c1C. The summed E-state index contributed by atoms with van der Waals surface area (Å²) in [5.41, 5.74) is 10.8. The molecular formula is C14H15BrN2. The highest BCUT2D eigenvalue weighted by molar-refractivity contribution is 9.10. The Hall–Kier alpha value is -1.19. The Morgan fingerprint density at radius 2 is 1.94 bits per heavy atom. The van der Waals surface area contributed by atoms with Gasteiger partial charge in [0, 0.05) is 10.7 Å². The van der Waals surface area contributed by atoms with E-state index in [4.69, 9.17) is 5.73 Å². The van der Waals surface area contributed by atoms with Crippen LogP contribution in [-0.4, -0.2) is 4.98 Å². The highest BCUT2D eigenvalue weighted by Crippen LogP contribution is 2.23. The molecule has 0 saturated heterocycles. The van der Waals surface area contributed by atoms with Crippen LogP contribution in [0.25, 0.3) is 0 Å². The average Bonchev–Trinajstić information content (AvgIpc) is 2.33. The number of hydrogen-bond donors (Lipinski definition) is 1. The summed E-state index contributed by atoms with van der Waals surface area (Å²) in [6.45, 7) is 4.20. The predicted octanol–water partition coefficient (Wildman–Crippen LogP) is 3.51. The van der Waals surface area contributed by atoms with E-state index in [1.807, 2.05) is 18.2 Å². The molecule has 0 aliphatic heterocycles. The molecule has 88 valence electrons. The fourth-order valence-corrected chi connectivity index (χ4v) is 2.08. The summed E-state index contributed by atoms with van der Waals surface area (Å²) in [7, 11) is 0. The number of rotatable bonds is 2. The van der Waals surface area contributed by atoms with Gasteiger partial charge in [-0.3, -0.25) is 4.98 Å². The van der Waals surface area contributed by atoms with Crippen molar-refractivity contribution in [2.75, 3.05) is 0 Å². The van der Waals surface area contributed by atoms with Gasteiger partial charge in [0.15, 0.2) is 0 Å². The van der Waals surface area contributed by atoms with Crippen LogP contribution in [0.15, 0.2) is 41.0 Å². The Morgan fingerprint density at radius 1 is 1.18 bits per heavy atom. The second kappa shape index (κ2) is 4.98. The van der Waals surface area contributed by atoms with Crippen molar-refractivity contribution in [1.29, 1.82) is 0 Å². The molecule has 1 aromatic heterocycles. The van der Waals surface area contributed by atoms with Gasteiger partial charge in [-0.1, -0.05) is 18.2 Å². The van der Waals surface area contributed by atoms with Crippen molar-refractivity contribution in [3.05, 3.63) is 63.4 Å². The lowest BCUT2D eigenvalue weighted by atomic mass is 9.96. The molecule has 0 aliphatic rings. The van der Waals surface area contributed by atoms with Crippen molar-refractivity contribution in [1.82, 2.24) is 4.98 Å². The second-order valence-corrected chi connectivity index (χ2v) is 5.08. The molecule has 0 bridgehead atoms. The minimum Gasteiger partial charge on any atom is -0.319 e. The molecule has 2 aromatic rings. The van der Waals surface area contributed by atoms with Gasteiger partial charge in [-0.15, -0.1) is 0 Å². The average molecular weight is 291 g/mol. The Labute approximate surface area is 110 Å². The van der Waals surface area contributed by atoms with Crippen LogP contribution in [0.5, 0.6) is 0 Å². The molecule has 1 unspecified atom stereocenters. The summed E-state index contributed by atoms with van der Waals surface area (Å²) in [6, 6.07) is 9.96. The van der Waals surface area contributed by atoms with Crippen molar-refractivity contribution in [3.63, 3.8) is 0 Å². The molecule has 0 saturated carbocycles. The molecule has 1 atom stereocenters. The second-order valence-electron chi connectivity index (χ2n) is 4.17. The number of aromatic nitrogens is 1. The Balaban J connectivity index is 2.40. The molecule has 0 aliphatic carbocycles. The van der Waals surface area contributed by atoms with Gasteiger partial charge in [0.2, 0.25) is 0 Å². The molecule has 1 heterocycles. The van der Waals surface area contributed by atoms with Crippen LogP contribution in [0.4, 0.5) is 0 Å². The maximum absolute atomic E-state index is 6.26. The summed E-state index contributed by atoms with van der Waals surface area (Å²) in [5.74, 6) is 0. The Bertz CT molecular complexity index is 520. The number of aryl methyl sites for hydroxylation is 1. The van der Waals surface area contributed by atoms with E-state index < -0.39 is 0 Å². The molecule has 2 N–H and O–H groups in total. The first-order valence-corrected chi connectivity index (χ1v) is 6.32. The number of halogens is 1. The number of nitrogens with zero attached hydrogens (tertiary/aromatic N) is 1. The monoisotopic (exact) mass is 290 g/mol. The standard InChI is InChI=1S/C14H15BrN2/c1-9-4-3-5-12(10(9)2)14(16)13-7-6-11(15)8-17-13/h3-8,14H,16H2,1-2H3. The highest BCUT2D eigenvalue weighted by Gasteiger charge is 2.13. The van der Waals surface area contributed by atoms with Gasteiger partial charge in [0.1, 0.15) is 0 Å². The first-order valence-electron chi connectivity index (χ1n) is 5.52. The van der Waals surface area contributed by atoms with Gasteiger partial charge in [-0.25, -0.2) is 0 Å². The third kappa shape index (κ3) is 2.56. The summed E-state index contributed by atoms with van der Waals surface area (Å²) in [5, 5.41) is 0. The number of pyridine rings is 1. The maximum atomic E-state index is 6.26. The van der Waals surface area contributed by atoms with Gasteiger partial charge in [-0.05, 0) is 58.6 Å². The molecule has 0 fully saturated rings. The van der Waals surface area contributed by atoms with E-state index in [9.17, 15) is 0 Å². The molecular weight excluding hydrogens is 276 g/mol. The van der Waals surface area contributed by atoms with E-state index in [1.54, 1.807) is 6.20 Å². The molecule has 17 heavy (non-hydrogen) atoms. The van der Waals surface area contributed by atoms with Crippen LogP contribution >= 0.6 is 15.9 Å². The lowest BCUT2D eigenvalue weighted by molar-refractivity contribution is 0.818. The quantitative estimate of drug-likeness (QED) is 0.919. The van der Waals surface area contributed by atoms with E-state index in [0.29, 0.717) is 0 Å². The van der Waals surface area contributed by atoms with E-state index in [1.165, 1.54) is 11.1 Å². The van der Waals surface area contributed by atoms with Gasteiger partial charge < -0.3 is 5.73 Å². The van der Waals surface area contributed by atoms with Crippen LogP contribution in [0.3, 0.4) is 0 Å². The molecule has 1 aromatic carbocycles. The topological polar surface area (TPSA) is 38.9 Å². The van der Waals surface area contributed by atoms with Gasteiger partial charge in [0.05, 0.1) is 11.7 Å². The highest BCUT2D eigenvalue weighted by atomic mass is 79.9. The number of nitrogens with two attached hydrogens (primary N) is 1. The smallest absolute Gasteiger partial charge is 0.0729 e. The minimum atomic E-state index is -0.164. The van der Waals surface area contributed by atoms with Gasteiger partial charge in [0.25, 0.3) is 0 Å². The molecule has 2 rings (SSSR count). The number of hydrogen-bond acceptors (Lipinski definition) is 2. The van der Waals surface area contributed by atoms with Crippen LogP contribution in [0.2, 0.25) is 0 Å². The Morgan fingerprint density at radius 3 is 2.59 bits per heavy atom. The van der Waals surface area contributed by atoms with E-state index in [-0.39, 0.29) is 6.04 Å². The molecule has 3 heteroatoms. The third-order valence-electron chi connectivity index (χ3n) is 3.05. The van der Waals surface area contributed by atoms with Crippen LogP contribution in [-0.2, 0) is 0 Å². The minimum absolute atomic E-state index is 0.164. The van der Waals surface area contributed by atoms with Crippen molar-refractivity contribution in [2.24, 2.45) is 5.73 Å². The zero-order chi connectivity index (χ0) is 12.4. The maximum Gasteiger partial charge on any atom is 0.0729 e. The zero-order valence-electron chi connectivity index (χ0n) is 9.94. The summed E-state index contributed by atoms with van der Waals surface area (Å²) in [4.78, 5) is 4.35. The summed E-state index contributed by atoms with van der Waals surface area (Å²) in [6.07, 6.45) is 1.78. The van der Waals surface area contributed by atoms with Crippen molar-refractivity contribution >= 4 is 15.9 Å². The zero-order valence-corrected chi connectivity index (χ0v) is 11.5. The molecule has 2 nitrogen and oxygen atoms in total. The largest absolute Gasteiger partial charge is 0.319 e. The van der Waals surface area contributed by atoms with E-state index in [0.717, 1.165) is 15.7 Å². The van der Waals surface area contributed by atoms with Crippen LogP contribution < -0.4 is 5.73 Å². The fraction of sp³-hybridized carbons (Fsp3) is 0.214. The van der Waals surface area contributed by atoms with Crippen molar-refractivity contribution in [2.45, 2.75) is 19.9 Å². The van der Waals surface area contributed by atoms with Crippen molar-refractivity contribution in [3.8, 4) is 0 Å².